The van der Waals surface area contributed by atoms with E-state index in [1.807, 2.05) is 0 Å². The fourth-order valence-corrected chi connectivity index (χ4v) is 1.64. The highest BCUT2D eigenvalue weighted by Gasteiger charge is 2.11. The molecule has 18 heavy (non-hydrogen) atoms. The van der Waals surface area contributed by atoms with Gasteiger partial charge in [0.05, 0.1) is 11.4 Å². The Morgan fingerprint density at radius 1 is 1.22 bits per heavy atom. The smallest absolute Gasteiger partial charge is 0.256 e. The number of carbonyl (C=O) groups is 1. The Balaban J connectivity index is 2.28. The number of nitrogen functional groups attached to an aromatic ring is 1. The summed E-state index contributed by atoms with van der Waals surface area (Å²) in [4.78, 5) is 12.0. The van der Waals surface area contributed by atoms with Gasteiger partial charge in [0.15, 0.2) is 0 Å². The predicted molar refractivity (Wildman–Crippen MR) is 69.9 cm³/mol. The minimum atomic E-state index is -0.438. The Hall–Kier alpha value is -2.36. The number of para-hydroxylation sites is 2. The number of nitrogens with two attached hydrogens (primary N) is 1. The normalized spacial score (nSPS) is 10.1. The van der Waals surface area contributed by atoms with Crippen molar-refractivity contribution in [1.82, 2.24) is 0 Å². The lowest BCUT2D eigenvalue weighted by molar-refractivity contribution is 0.102. The van der Waals surface area contributed by atoms with Crippen LogP contribution in [0.25, 0.3) is 0 Å². The number of aryl methyl sites for hydroxylation is 1. The average molecular weight is 244 g/mol. The number of hydrogen-bond donors (Lipinski definition) is 2. The predicted octanol–water partition coefficient (Wildman–Crippen LogP) is 2.97. The summed E-state index contributed by atoms with van der Waals surface area (Å²) in [6.45, 7) is 1.75. The third-order valence-electron chi connectivity index (χ3n) is 2.65. The topological polar surface area (TPSA) is 55.1 Å². The van der Waals surface area contributed by atoms with Crippen LogP contribution in [0.3, 0.4) is 0 Å². The molecule has 0 fully saturated rings. The molecular weight excluding hydrogens is 231 g/mol. The second-order valence-electron chi connectivity index (χ2n) is 4.00. The van der Waals surface area contributed by atoms with Gasteiger partial charge in [0, 0.05) is 5.56 Å². The number of nitrogens with one attached hydrogen (secondary N) is 1. The van der Waals surface area contributed by atoms with E-state index in [0.717, 1.165) is 0 Å². The van der Waals surface area contributed by atoms with E-state index >= 15 is 0 Å². The van der Waals surface area contributed by atoms with Gasteiger partial charge in [0.2, 0.25) is 0 Å². The van der Waals surface area contributed by atoms with E-state index in [1.54, 1.807) is 37.3 Å². The fourth-order valence-electron chi connectivity index (χ4n) is 1.64. The summed E-state index contributed by atoms with van der Waals surface area (Å²) < 4.78 is 13.1. The summed E-state index contributed by atoms with van der Waals surface area (Å²) in [6.07, 6.45) is 0. The molecule has 2 rings (SSSR count). The van der Waals surface area contributed by atoms with Crippen LogP contribution in [0.1, 0.15) is 15.9 Å². The molecule has 0 saturated carbocycles. The minimum absolute atomic E-state index is 0.304. The van der Waals surface area contributed by atoms with Crippen molar-refractivity contribution in [1.29, 1.82) is 0 Å². The van der Waals surface area contributed by atoms with E-state index in [2.05, 4.69) is 5.32 Å². The van der Waals surface area contributed by atoms with Gasteiger partial charge < -0.3 is 11.1 Å². The molecule has 0 spiro atoms. The molecule has 0 atom stereocenters. The number of carbonyl (C=O) groups excluding carboxylic acids is 1. The van der Waals surface area contributed by atoms with Crippen molar-refractivity contribution in [2.24, 2.45) is 0 Å². The molecule has 0 aliphatic heterocycles. The summed E-state index contributed by atoms with van der Waals surface area (Å²) in [5.74, 6) is -0.809. The van der Waals surface area contributed by atoms with Gasteiger partial charge in [0.25, 0.3) is 5.91 Å². The Morgan fingerprint density at radius 3 is 2.67 bits per heavy atom. The lowest BCUT2D eigenvalue weighted by Gasteiger charge is -2.09. The number of benzene rings is 2. The zero-order valence-electron chi connectivity index (χ0n) is 9.91. The van der Waals surface area contributed by atoms with Gasteiger partial charge in [-0.15, -0.1) is 0 Å². The monoisotopic (exact) mass is 244 g/mol. The molecule has 92 valence electrons. The molecule has 3 nitrogen and oxygen atoms in total. The van der Waals surface area contributed by atoms with Crippen molar-refractivity contribution in [2.75, 3.05) is 11.1 Å². The fraction of sp³-hybridized carbons (Fsp3) is 0.0714. The highest BCUT2D eigenvalue weighted by molar-refractivity contribution is 6.06. The summed E-state index contributed by atoms with van der Waals surface area (Å²) in [5, 5.41) is 2.66. The lowest BCUT2D eigenvalue weighted by Crippen LogP contribution is -2.14. The van der Waals surface area contributed by atoms with Crippen LogP contribution in [0.5, 0.6) is 0 Å². The molecule has 0 bridgehead atoms. The molecule has 4 heteroatoms. The Bertz CT molecular complexity index is 596. The maximum Gasteiger partial charge on any atom is 0.256 e. The minimum Gasteiger partial charge on any atom is -0.397 e. The summed E-state index contributed by atoms with van der Waals surface area (Å²) in [5.41, 5.74) is 7.73. The van der Waals surface area contributed by atoms with Gasteiger partial charge in [0.1, 0.15) is 5.82 Å². The standard InChI is InChI=1S/C14H13FN2O/c1-9-6-7-10(15)8-11(9)14(18)17-13-5-3-2-4-12(13)16/h2-8H,16H2,1H3,(H,17,18). The van der Waals surface area contributed by atoms with Crippen molar-refractivity contribution in [3.05, 3.63) is 59.4 Å². The number of hydrogen-bond acceptors (Lipinski definition) is 2. The third kappa shape index (κ3) is 2.48. The first-order valence-corrected chi connectivity index (χ1v) is 5.50. The van der Waals surface area contributed by atoms with Gasteiger partial charge in [-0.25, -0.2) is 4.39 Å². The van der Waals surface area contributed by atoms with Crippen LogP contribution in [-0.2, 0) is 0 Å². The van der Waals surface area contributed by atoms with Gasteiger partial charge >= 0.3 is 0 Å². The van der Waals surface area contributed by atoms with E-state index in [4.69, 9.17) is 5.73 Å². The Morgan fingerprint density at radius 2 is 1.94 bits per heavy atom. The van der Waals surface area contributed by atoms with Crippen molar-refractivity contribution in [2.45, 2.75) is 6.92 Å². The van der Waals surface area contributed by atoms with Crippen LogP contribution < -0.4 is 11.1 Å². The van der Waals surface area contributed by atoms with Crippen molar-refractivity contribution in [3.8, 4) is 0 Å². The van der Waals surface area contributed by atoms with Crippen LogP contribution in [0, 0.1) is 12.7 Å². The second kappa shape index (κ2) is 4.87. The summed E-state index contributed by atoms with van der Waals surface area (Å²) in [6, 6.07) is 11.0. The molecule has 0 aromatic heterocycles. The number of amides is 1. The van der Waals surface area contributed by atoms with Crippen LogP contribution in [0.2, 0.25) is 0 Å². The molecule has 2 aromatic carbocycles. The molecule has 2 aromatic rings. The van der Waals surface area contributed by atoms with Crippen LogP contribution >= 0.6 is 0 Å². The van der Waals surface area contributed by atoms with E-state index in [-0.39, 0.29) is 5.91 Å². The Labute approximate surface area is 104 Å². The molecule has 1 amide bonds. The van der Waals surface area contributed by atoms with E-state index < -0.39 is 5.82 Å². The van der Waals surface area contributed by atoms with E-state index in [1.165, 1.54) is 12.1 Å². The SMILES string of the molecule is Cc1ccc(F)cc1C(=O)Nc1ccccc1N. The molecule has 0 radical (unpaired) electrons. The molecule has 0 unspecified atom stereocenters. The van der Waals surface area contributed by atoms with Crippen LogP contribution in [0.15, 0.2) is 42.5 Å². The molecule has 0 saturated heterocycles. The van der Waals surface area contributed by atoms with Crippen molar-refractivity contribution >= 4 is 17.3 Å². The van der Waals surface area contributed by atoms with Crippen molar-refractivity contribution < 1.29 is 9.18 Å². The largest absolute Gasteiger partial charge is 0.397 e. The first-order valence-electron chi connectivity index (χ1n) is 5.50. The number of anilines is 2. The van der Waals surface area contributed by atoms with E-state index in [9.17, 15) is 9.18 Å². The van der Waals surface area contributed by atoms with Gasteiger partial charge in [-0.05, 0) is 36.8 Å². The molecule has 0 aliphatic carbocycles. The van der Waals surface area contributed by atoms with Crippen LogP contribution in [-0.4, -0.2) is 5.91 Å². The third-order valence-corrected chi connectivity index (χ3v) is 2.65. The highest BCUT2D eigenvalue weighted by atomic mass is 19.1. The molecule has 0 aliphatic rings. The number of halogens is 1. The van der Waals surface area contributed by atoms with Gasteiger partial charge in [-0.3, -0.25) is 4.79 Å². The zero-order chi connectivity index (χ0) is 13.1. The van der Waals surface area contributed by atoms with Crippen molar-refractivity contribution in [3.63, 3.8) is 0 Å². The first kappa shape index (κ1) is 12.1. The quantitative estimate of drug-likeness (QED) is 0.798. The summed E-state index contributed by atoms with van der Waals surface area (Å²) >= 11 is 0. The maximum atomic E-state index is 13.1. The first-order chi connectivity index (χ1) is 8.58. The zero-order valence-corrected chi connectivity index (χ0v) is 9.91. The maximum absolute atomic E-state index is 13.1. The van der Waals surface area contributed by atoms with E-state index in [0.29, 0.717) is 22.5 Å². The highest BCUT2D eigenvalue weighted by Crippen LogP contribution is 2.19. The molecule has 0 heterocycles. The molecule has 3 N–H and O–H groups in total. The second-order valence-corrected chi connectivity index (χ2v) is 4.00. The Kier molecular flexibility index (Phi) is 3.28. The molecular formula is C14H13FN2O. The lowest BCUT2D eigenvalue weighted by atomic mass is 10.1. The van der Waals surface area contributed by atoms with Gasteiger partial charge in [-0.1, -0.05) is 18.2 Å². The van der Waals surface area contributed by atoms with Crippen LogP contribution in [0.4, 0.5) is 15.8 Å². The average Bonchev–Trinajstić information content (AvgIpc) is 2.35. The van der Waals surface area contributed by atoms with Gasteiger partial charge in [-0.2, -0.15) is 0 Å². The number of rotatable bonds is 2. The summed E-state index contributed by atoms with van der Waals surface area (Å²) in [7, 11) is 0.